The average Bonchev–Trinajstić information content (AvgIpc) is 2.55. The fraction of sp³-hybridized carbons (Fsp3) is 0.167. The van der Waals surface area contributed by atoms with Crippen molar-refractivity contribution in [3.8, 4) is 5.75 Å². The van der Waals surface area contributed by atoms with E-state index in [9.17, 15) is 4.79 Å². The second-order valence-corrected chi connectivity index (χ2v) is 5.30. The smallest absolute Gasteiger partial charge is 0.354 e. The van der Waals surface area contributed by atoms with Crippen LogP contribution >= 0.6 is 0 Å². The molecule has 0 spiro atoms. The topological polar surface area (TPSA) is 72.3 Å². The van der Waals surface area contributed by atoms with Gasteiger partial charge in [0.05, 0.1) is 12.8 Å². The molecule has 0 radical (unpaired) electrons. The second-order valence-electron chi connectivity index (χ2n) is 5.30. The highest BCUT2D eigenvalue weighted by molar-refractivity contribution is 5.89. The Morgan fingerprint density at radius 3 is 2.74 bits per heavy atom. The molecule has 0 aliphatic carbocycles. The summed E-state index contributed by atoms with van der Waals surface area (Å²) in [5.74, 6) is -0.245. The van der Waals surface area contributed by atoms with Crippen LogP contribution < -0.4 is 4.74 Å². The number of aromatic carboxylic acids is 1. The first-order valence-corrected chi connectivity index (χ1v) is 7.19. The normalized spacial score (nSPS) is 10.7. The first-order valence-electron chi connectivity index (χ1n) is 7.19. The zero-order valence-electron chi connectivity index (χ0n) is 12.9. The van der Waals surface area contributed by atoms with Crippen molar-refractivity contribution in [3.05, 3.63) is 65.2 Å². The van der Waals surface area contributed by atoms with Crippen molar-refractivity contribution in [2.75, 3.05) is 7.11 Å². The van der Waals surface area contributed by atoms with Crippen LogP contribution in [-0.2, 0) is 6.42 Å². The molecule has 0 saturated heterocycles. The van der Waals surface area contributed by atoms with Crippen molar-refractivity contribution in [2.45, 2.75) is 13.3 Å². The molecule has 5 heteroatoms. The molecule has 3 aromatic rings. The van der Waals surface area contributed by atoms with Gasteiger partial charge in [-0.1, -0.05) is 30.3 Å². The lowest BCUT2D eigenvalue weighted by molar-refractivity contribution is 0.0689. The van der Waals surface area contributed by atoms with E-state index in [0.717, 1.165) is 22.1 Å². The minimum atomic E-state index is -1.04. The molecule has 0 aliphatic heterocycles. The van der Waals surface area contributed by atoms with Crippen molar-refractivity contribution in [1.82, 2.24) is 9.97 Å². The Balaban J connectivity index is 2.05. The van der Waals surface area contributed by atoms with Crippen LogP contribution in [0.2, 0.25) is 0 Å². The number of fused-ring (bicyclic) bond motifs is 1. The SMILES string of the molecule is COc1cc(Cc2ncnc(C(=O)O)c2C)cc2ccccc12. The van der Waals surface area contributed by atoms with E-state index in [2.05, 4.69) is 16.0 Å². The van der Waals surface area contributed by atoms with E-state index in [1.807, 2.05) is 30.3 Å². The third kappa shape index (κ3) is 2.85. The summed E-state index contributed by atoms with van der Waals surface area (Å²) < 4.78 is 5.47. The van der Waals surface area contributed by atoms with Crippen LogP contribution in [0.25, 0.3) is 10.8 Å². The average molecular weight is 308 g/mol. The largest absolute Gasteiger partial charge is 0.496 e. The number of aromatic nitrogens is 2. The van der Waals surface area contributed by atoms with Gasteiger partial charge in [0.2, 0.25) is 0 Å². The number of rotatable bonds is 4. The fourth-order valence-corrected chi connectivity index (χ4v) is 2.68. The van der Waals surface area contributed by atoms with E-state index in [-0.39, 0.29) is 5.69 Å². The summed E-state index contributed by atoms with van der Waals surface area (Å²) in [7, 11) is 1.64. The summed E-state index contributed by atoms with van der Waals surface area (Å²) in [5, 5.41) is 11.3. The Kier molecular flexibility index (Phi) is 3.93. The second kappa shape index (κ2) is 6.04. The molecule has 0 fully saturated rings. The molecule has 0 aliphatic rings. The van der Waals surface area contributed by atoms with Gasteiger partial charge in [-0.15, -0.1) is 0 Å². The molecule has 0 amide bonds. The lowest BCUT2D eigenvalue weighted by Crippen LogP contribution is -2.08. The highest BCUT2D eigenvalue weighted by Crippen LogP contribution is 2.28. The van der Waals surface area contributed by atoms with E-state index < -0.39 is 5.97 Å². The monoisotopic (exact) mass is 308 g/mol. The first kappa shape index (κ1) is 15.0. The molecule has 23 heavy (non-hydrogen) atoms. The molecule has 0 bridgehead atoms. The van der Waals surface area contributed by atoms with Crippen LogP contribution in [0.1, 0.15) is 27.3 Å². The molecule has 1 N–H and O–H groups in total. The quantitative estimate of drug-likeness (QED) is 0.801. The number of ether oxygens (including phenoxy) is 1. The predicted molar refractivity (Wildman–Crippen MR) is 87.0 cm³/mol. The molecule has 116 valence electrons. The summed E-state index contributed by atoms with van der Waals surface area (Å²) >= 11 is 0. The standard InChI is InChI=1S/C18H16N2O3/c1-11-15(19-10-20-17(11)18(21)22)8-12-7-13-5-3-4-6-14(13)16(9-12)23-2/h3-7,9-10H,8H2,1-2H3,(H,21,22). The van der Waals surface area contributed by atoms with Gasteiger partial charge in [0.1, 0.15) is 12.1 Å². The molecular formula is C18H16N2O3. The van der Waals surface area contributed by atoms with Gasteiger partial charge in [-0.05, 0) is 23.9 Å². The van der Waals surface area contributed by atoms with E-state index in [1.54, 1.807) is 14.0 Å². The first-order chi connectivity index (χ1) is 11.1. The van der Waals surface area contributed by atoms with Gasteiger partial charge in [0, 0.05) is 17.4 Å². The third-order valence-electron chi connectivity index (χ3n) is 3.87. The van der Waals surface area contributed by atoms with Crippen molar-refractivity contribution < 1.29 is 14.6 Å². The molecule has 2 aromatic carbocycles. The molecule has 1 aromatic heterocycles. The van der Waals surface area contributed by atoms with E-state index in [4.69, 9.17) is 9.84 Å². The maximum absolute atomic E-state index is 11.2. The minimum Gasteiger partial charge on any atom is -0.496 e. The van der Waals surface area contributed by atoms with Gasteiger partial charge < -0.3 is 9.84 Å². The lowest BCUT2D eigenvalue weighted by atomic mass is 10.0. The lowest BCUT2D eigenvalue weighted by Gasteiger charge is -2.11. The van der Waals surface area contributed by atoms with E-state index in [1.165, 1.54) is 6.33 Å². The van der Waals surface area contributed by atoms with Gasteiger partial charge in [0.25, 0.3) is 0 Å². The Bertz CT molecular complexity index is 891. The van der Waals surface area contributed by atoms with Gasteiger partial charge in [0.15, 0.2) is 5.69 Å². The third-order valence-corrected chi connectivity index (χ3v) is 3.87. The van der Waals surface area contributed by atoms with Crippen molar-refractivity contribution in [1.29, 1.82) is 0 Å². The number of carboxylic acids is 1. The Morgan fingerprint density at radius 1 is 1.22 bits per heavy atom. The Hall–Kier alpha value is -2.95. The van der Waals surface area contributed by atoms with Crippen LogP contribution in [0.5, 0.6) is 5.75 Å². The van der Waals surface area contributed by atoms with Crippen molar-refractivity contribution >= 4 is 16.7 Å². The van der Waals surface area contributed by atoms with Gasteiger partial charge in [-0.2, -0.15) is 0 Å². The van der Waals surface area contributed by atoms with Gasteiger partial charge in [-0.3, -0.25) is 0 Å². The highest BCUT2D eigenvalue weighted by atomic mass is 16.5. The maximum Gasteiger partial charge on any atom is 0.354 e. The van der Waals surface area contributed by atoms with Crippen molar-refractivity contribution in [2.24, 2.45) is 0 Å². The van der Waals surface area contributed by atoms with Crippen LogP contribution in [0.4, 0.5) is 0 Å². The number of methoxy groups -OCH3 is 1. The molecule has 0 unspecified atom stereocenters. The molecule has 0 atom stereocenters. The van der Waals surface area contributed by atoms with Crippen molar-refractivity contribution in [3.63, 3.8) is 0 Å². The molecule has 0 saturated carbocycles. The number of carbonyl (C=O) groups is 1. The minimum absolute atomic E-state index is 0.0442. The van der Waals surface area contributed by atoms with Crippen LogP contribution in [-0.4, -0.2) is 28.2 Å². The Labute approximate surface area is 133 Å². The Morgan fingerprint density at radius 2 is 2.00 bits per heavy atom. The van der Waals surface area contributed by atoms with Crippen LogP contribution in [0.15, 0.2) is 42.7 Å². The van der Waals surface area contributed by atoms with Gasteiger partial charge in [-0.25, -0.2) is 14.8 Å². The molecular weight excluding hydrogens is 292 g/mol. The predicted octanol–water partition coefficient (Wildman–Crippen LogP) is 3.24. The van der Waals surface area contributed by atoms with Crippen LogP contribution in [0, 0.1) is 6.92 Å². The zero-order chi connectivity index (χ0) is 16.4. The highest BCUT2D eigenvalue weighted by Gasteiger charge is 2.14. The molecule has 1 heterocycles. The number of hydrogen-bond acceptors (Lipinski definition) is 4. The maximum atomic E-state index is 11.2. The van der Waals surface area contributed by atoms with Crippen LogP contribution in [0.3, 0.4) is 0 Å². The summed E-state index contributed by atoms with van der Waals surface area (Å²) in [6.07, 6.45) is 1.82. The van der Waals surface area contributed by atoms with E-state index >= 15 is 0 Å². The summed E-state index contributed by atoms with van der Waals surface area (Å²) in [5.41, 5.74) is 2.35. The number of benzene rings is 2. The summed E-state index contributed by atoms with van der Waals surface area (Å²) in [6, 6.07) is 12.0. The van der Waals surface area contributed by atoms with Gasteiger partial charge >= 0.3 is 5.97 Å². The number of nitrogens with zero attached hydrogens (tertiary/aromatic N) is 2. The van der Waals surface area contributed by atoms with E-state index in [0.29, 0.717) is 17.7 Å². The number of carboxylic acid groups (broad SMARTS) is 1. The number of hydrogen-bond donors (Lipinski definition) is 1. The summed E-state index contributed by atoms with van der Waals surface area (Å²) in [6.45, 7) is 1.73. The molecule has 3 rings (SSSR count). The molecule has 5 nitrogen and oxygen atoms in total. The fourth-order valence-electron chi connectivity index (χ4n) is 2.68. The zero-order valence-corrected chi connectivity index (χ0v) is 12.9. The summed E-state index contributed by atoms with van der Waals surface area (Å²) in [4.78, 5) is 19.3.